The van der Waals surface area contributed by atoms with Crippen molar-refractivity contribution in [3.8, 4) is 11.5 Å². The van der Waals surface area contributed by atoms with Crippen molar-refractivity contribution in [2.45, 2.75) is 13.3 Å². The van der Waals surface area contributed by atoms with Gasteiger partial charge in [-0.2, -0.15) is 0 Å². The number of anilines is 1. The number of benzene rings is 3. The van der Waals surface area contributed by atoms with E-state index in [1.807, 2.05) is 42.5 Å². The average molecular weight is 377 g/mol. The molecule has 0 saturated carbocycles. The molecule has 0 fully saturated rings. The number of amides is 1. The normalized spacial score (nSPS) is 10.9. The van der Waals surface area contributed by atoms with E-state index in [1.165, 1.54) is 5.56 Å². The van der Waals surface area contributed by atoms with Gasteiger partial charge in [-0.05, 0) is 72.6 Å². The Morgan fingerprint density at radius 1 is 1.04 bits per heavy atom. The molecule has 1 aromatic heterocycles. The Balaban J connectivity index is 1.53. The number of halogens is 1. The Morgan fingerprint density at radius 3 is 2.48 bits per heavy atom. The van der Waals surface area contributed by atoms with Gasteiger partial charge in [0.25, 0.3) is 5.91 Å². The molecular formula is C22H17ClN2O2. The first-order valence-electron chi connectivity index (χ1n) is 8.69. The summed E-state index contributed by atoms with van der Waals surface area (Å²) in [6.45, 7) is 2.11. The highest BCUT2D eigenvalue weighted by atomic mass is 35.5. The second kappa shape index (κ2) is 7.25. The van der Waals surface area contributed by atoms with Crippen LogP contribution in [-0.4, -0.2) is 10.9 Å². The lowest BCUT2D eigenvalue weighted by molar-refractivity contribution is 0.102. The number of aromatic nitrogens is 1. The summed E-state index contributed by atoms with van der Waals surface area (Å²) in [6, 6.07) is 20.2. The largest absolute Gasteiger partial charge is 0.436 e. The lowest BCUT2D eigenvalue weighted by Crippen LogP contribution is -2.11. The number of hydrogen-bond acceptors (Lipinski definition) is 3. The van der Waals surface area contributed by atoms with Crippen LogP contribution in [0.1, 0.15) is 22.8 Å². The van der Waals surface area contributed by atoms with Crippen molar-refractivity contribution in [2.75, 3.05) is 5.32 Å². The zero-order valence-electron chi connectivity index (χ0n) is 14.7. The first-order chi connectivity index (χ1) is 13.1. The molecule has 0 aliphatic rings. The number of carbonyl (C=O) groups excluding carboxylic acids is 1. The van der Waals surface area contributed by atoms with Crippen molar-refractivity contribution < 1.29 is 9.21 Å². The highest BCUT2D eigenvalue weighted by molar-refractivity contribution is 6.30. The maximum atomic E-state index is 12.3. The zero-order valence-corrected chi connectivity index (χ0v) is 15.5. The van der Waals surface area contributed by atoms with E-state index in [1.54, 1.807) is 24.3 Å². The number of nitrogens with one attached hydrogen (secondary N) is 1. The highest BCUT2D eigenvalue weighted by Crippen LogP contribution is 2.26. The summed E-state index contributed by atoms with van der Waals surface area (Å²) in [5, 5.41) is 3.46. The molecule has 0 unspecified atom stereocenters. The fourth-order valence-electron chi connectivity index (χ4n) is 2.82. The minimum atomic E-state index is -0.187. The maximum absolute atomic E-state index is 12.3. The van der Waals surface area contributed by atoms with Crippen molar-refractivity contribution in [2.24, 2.45) is 0 Å². The number of fused-ring (bicyclic) bond motifs is 1. The van der Waals surface area contributed by atoms with E-state index in [4.69, 9.17) is 16.0 Å². The number of nitrogens with zero attached hydrogens (tertiary/aromatic N) is 1. The monoisotopic (exact) mass is 376 g/mol. The van der Waals surface area contributed by atoms with Gasteiger partial charge in [-0.25, -0.2) is 4.98 Å². The third-order valence-corrected chi connectivity index (χ3v) is 4.61. The van der Waals surface area contributed by atoms with Gasteiger partial charge in [-0.15, -0.1) is 0 Å². The lowest BCUT2D eigenvalue weighted by atomic mass is 10.1. The number of aryl methyl sites for hydroxylation is 1. The van der Waals surface area contributed by atoms with E-state index < -0.39 is 0 Å². The summed E-state index contributed by atoms with van der Waals surface area (Å²) >= 11 is 5.85. The molecule has 0 spiro atoms. The molecule has 0 radical (unpaired) electrons. The van der Waals surface area contributed by atoms with Crippen LogP contribution in [0.4, 0.5) is 5.69 Å². The van der Waals surface area contributed by atoms with Crippen molar-refractivity contribution in [1.29, 1.82) is 0 Å². The van der Waals surface area contributed by atoms with Gasteiger partial charge in [0.1, 0.15) is 5.52 Å². The molecule has 3 aromatic carbocycles. The van der Waals surface area contributed by atoms with Gasteiger partial charge in [0, 0.05) is 21.8 Å². The molecule has 4 nitrogen and oxygen atoms in total. The van der Waals surface area contributed by atoms with Gasteiger partial charge >= 0.3 is 0 Å². The minimum absolute atomic E-state index is 0.187. The predicted octanol–water partition coefficient (Wildman–Crippen LogP) is 5.96. The third kappa shape index (κ3) is 3.71. The van der Waals surface area contributed by atoms with Gasteiger partial charge in [0.2, 0.25) is 5.89 Å². The molecular weight excluding hydrogens is 360 g/mol. The van der Waals surface area contributed by atoms with Crippen molar-refractivity contribution in [3.63, 3.8) is 0 Å². The highest BCUT2D eigenvalue weighted by Gasteiger charge is 2.10. The van der Waals surface area contributed by atoms with Crippen LogP contribution in [0.3, 0.4) is 0 Å². The van der Waals surface area contributed by atoms with Crippen LogP contribution < -0.4 is 5.32 Å². The predicted molar refractivity (Wildman–Crippen MR) is 108 cm³/mol. The summed E-state index contributed by atoms with van der Waals surface area (Å²) in [4.78, 5) is 16.8. The number of hydrogen-bond donors (Lipinski definition) is 1. The van der Waals surface area contributed by atoms with Crippen molar-refractivity contribution in [3.05, 3.63) is 82.9 Å². The summed E-state index contributed by atoms with van der Waals surface area (Å²) in [7, 11) is 0. The summed E-state index contributed by atoms with van der Waals surface area (Å²) in [5.41, 5.74) is 4.94. The smallest absolute Gasteiger partial charge is 0.255 e. The van der Waals surface area contributed by atoms with Crippen LogP contribution in [0.5, 0.6) is 0 Å². The van der Waals surface area contributed by atoms with Crippen molar-refractivity contribution in [1.82, 2.24) is 4.98 Å². The first kappa shape index (κ1) is 17.3. The van der Waals surface area contributed by atoms with Crippen LogP contribution in [0.25, 0.3) is 22.6 Å². The van der Waals surface area contributed by atoms with Gasteiger partial charge in [0.05, 0.1) is 0 Å². The van der Waals surface area contributed by atoms with Crippen LogP contribution in [0.15, 0.2) is 71.1 Å². The van der Waals surface area contributed by atoms with Gasteiger partial charge < -0.3 is 9.73 Å². The Kier molecular flexibility index (Phi) is 4.65. The van der Waals surface area contributed by atoms with Crippen LogP contribution in [-0.2, 0) is 6.42 Å². The molecule has 134 valence electrons. The summed E-state index contributed by atoms with van der Waals surface area (Å²) in [5.74, 6) is 0.377. The molecule has 1 N–H and O–H groups in total. The second-order valence-electron chi connectivity index (χ2n) is 6.21. The third-order valence-electron chi connectivity index (χ3n) is 4.36. The van der Waals surface area contributed by atoms with Crippen LogP contribution in [0.2, 0.25) is 5.02 Å². The molecule has 0 saturated heterocycles. The topological polar surface area (TPSA) is 55.1 Å². The van der Waals surface area contributed by atoms with Crippen LogP contribution >= 0.6 is 11.6 Å². The van der Waals surface area contributed by atoms with E-state index in [2.05, 4.69) is 17.2 Å². The quantitative estimate of drug-likeness (QED) is 0.478. The van der Waals surface area contributed by atoms with Gasteiger partial charge in [-0.3, -0.25) is 4.79 Å². The molecule has 0 aliphatic carbocycles. The Hall–Kier alpha value is -3.11. The van der Waals surface area contributed by atoms with Crippen LogP contribution in [0, 0.1) is 0 Å². The summed E-state index contributed by atoms with van der Waals surface area (Å²) < 4.78 is 5.84. The molecule has 1 amide bonds. The molecule has 0 aliphatic heterocycles. The average Bonchev–Trinajstić information content (AvgIpc) is 3.12. The van der Waals surface area contributed by atoms with E-state index in [-0.39, 0.29) is 5.91 Å². The Labute approximate surface area is 161 Å². The van der Waals surface area contributed by atoms with E-state index in [9.17, 15) is 4.79 Å². The molecule has 5 heteroatoms. The fraction of sp³-hybridized carbons (Fsp3) is 0.0909. The molecule has 0 bridgehead atoms. The molecule has 4 aromatic rings. The maximum Gasteiger partial charge on any atom is 0.255 e. The van der Waals surface area contributed by atoms with E-state index in [0.717, 1.165) is 23.1 Å². The SMILES string of the molecule is CCc1ccc2oc(-c3ccc(NC(=O)c4ccc(Cl)cc4)cc3)nc2c1. The molecule has 4 rings (SSSR count). The van der Waals surface area contributed by atoms with E-state index in [0.29, 0.717) is 22.2 Å². The van der Waals surface area contributed by atoms with Gasteiger partial charge in [-0.1, -0.05) is 24.6 Å². The lowest BCUT2D eigenvalue weighted by Gasteiger charge is -2.06. The molecule has 1 heterocycles. The summed E-state index contributed by atoms with van der Waals surface area (Å²) in [6.07, 6.45) is 0.958. The van der Waals surface area contributed by atoms with Gasteiger partial charge in [0.15, 0.2) is 5.58 Å². The number of carbonyl (C=O) groups is 1. The fourth-order valence-corrected chi connectivity index (χ4v) is 2.94. The first-order valence-corrected chi connectivity index (χ1v) is 9.07. The Bertz CT molecular complexity index is 1100. The standard InChI is InChI=1S/C22H17ClN2O2/c1-2-14-3-12-20-19(13-14)25-22(27-20)16-6-10-18(11-7-16)24-21(26)15-4-8-17(23)9-5-15/h3-13H,2H2,1H3,(H,24,26). The minimum Gasteiger partial charge on any atom is -0.436 e. The number of oxazole rings is 1. The van der Waals surface area contributed by atoms with E-state index >= 15 is 0 Å². The number of rotatable bonds is 4. The second-order valence-corrected chi connectivity index (χ2v) is 6.65. The molecule has 0 atom stereocenters. The Morgan fingerprint density at radius 2 is 1.78 bits per heavy atom. The zero-order chi connectivity index (χ0) is 18.8. The molecule has 27 heavy (non-hydrogen) atoms. The van der Waals surface area contributed by atoms with Crippen molar-refractivity contribution >= 4 is 34.3 Å².